The zero-order chi connectivity index (χ0) is 22.9. The van der Waals surface area contributed by atoms with Crippen molar-refractivity contribution in [3.63, 3.8) is 0 Å². The van der Waals surface area contributed by atoms with Crippen LogP contribution >= 0.6 is 11.8 Å². The van der Waals surface area contributed by atoms with E-state index in [-0.39, 0.29) is 18.1 Å². The van der Waals surface area contributed by atoms with Crippen LogP contribution in [0.1, 0.15) is 12.8 Å². The molecule has 8 nitrogen and oxygen atoms in total. The summed E-state index contributed by atoms with van der Waals surface area (Å²) in [5.74, 6) is 0.248. The summed E-state index contributed by atoms with van der Waals surface area (Å²) in [6.45, 7) is 2.37. The summed E-state index contributed by atoms with van der Waals surface area (Å²) in [4.78, 5) is 33.4. The number of halogens is 1. The average molecular weight is 466 g/mol. The van der Waals surface area contributed by atoms with Crippen molar-refractivity contribution in [3.05, 3.63) is 71.7 Å². The van der Waals surface area contributed by atoms with Gasteiger partial charge in [0.15, 0.2) is 0 Å². The zero-order valence-electron chi connectivity index (χ0n) is 17.6. The quantitative estimate of drug-likeness (QED) is 0.537. The van der Waals surface area contributed by atoms with E-state index < -0.39 is 29.0 Å². The molecule has 2 atom stereocenters. The highest BCUT2D eigenvalue weighted by molar-refractivity contribution is 8.03. The van der Waals surface area contributed by atoms with E-state index in [9.17, 15) is 14.0 Å². The van der Waals surface area contributed by atoms with Crippen LogP contribution in [-0.4, -0.2) is 44.9 Å². The first-order valence-corrected chi connectivity index (χ1v) is 11.3. The van der Waals surface area contributed by atoms with E-state index in [2.05, 4.69) is 10.1 Å². The number of nitrogens with zero attached hydrogens (tertiary/aromatic N) is 4. The van der Waals surface area contributed by atoms with E-state index in [4.69, 9.17) is 9.26 Å². The molecule has 0 saturated carbocycles. The second-order valence-corrected chi connectivity index (χ2v) is 8.43. The number of fused-ring (bicyclic) bond motifs is 1. The van der Waals surface area contributed by atoms with Crippen LogP contribution in [0.2, 0.25) is 0 Å². The zero-order valence-corrected chi connectivity index (χ0v) is 18.4. The number of rotatable bonds is 6. The van der Waals surface area contributed by atoms with Gasteiger partial charge in [-0.3, -0.25) is 4.79 Å². The summed E-state index contributed by atoms with van der Waals surface area (Å²) < 4.78 is 24.9. The molecule has 2 unspecified atom stereocenters. The number of amides is 3. The number of hydrogen-bond donors (Lipinski definition) is 0. The Labute approximate surface area is 193 Å². The SMILES string of the molecule is CCOc1ccccc1-c1noc(CN2C(=O)N(c3cccc(F)c3)C(=O)C3SC=CC32)n1. The third kappa shape index (κ3) is 3.86. The number of anilines is 1. The van der Waals surface area contributed by atoms with Crippen molar-refractivity contribution in [3.8, 4) is 17.1 Å². The lowest BCUT2D eigenvalue weighted by atomic mass is 10.1. The molecule has 33 heavy (non-hydrogen) atoms. The molecule has 2 aliphatic heterocycles. The summed E-state index contributed by atoms with van der Waals surface area (Å²) >= 11 is 1.32. The van der Waals surface area contributed by atoms with E-state index in [0.717, 1.165) is 11.0 Å². The fraction of sp³-hybridized carbons (Fsp3) is 0.217. The smallest absolute Gasteiger partial charge is 0.332 e. The third-order valence-electron chi connectivity index (χ3n) is 5.34. The molecule has 5 rings (SSSR count). The van der Waals surface area contributed by atoms with Crippen molar-refractivity contribution < 1.29 is 23.2 Å². The predicted octanol–water partition coefficient (Wildman–Crippen LogP) is 4.24. The first kappa shape index (κ1) is 21.2. The highest BCUT2D eigenvalue weighted by Crippen LogP contribution is 2.37. The molecular formula is C23H19FN4O4S. The number of para-hydroxylation sites is 1. The van der Waals surface area contributed by atoms with E-state index in [1.54, 1.807) is 11.5 Å². The maximum Gasteiger partial charge on any atom is 0.332 e. The lowest BCUT2D eigenvalue weighted by Crippen LogP contribution is -2.61. The molecule has 1 fully saturated rings. The molecule has 0 radical (unpaired) electrons. The van der Waals surface area contributed by atoms with Gasteiger partial charge >= 0.3 is 6.03 Å². The molecule has 0 N–H and O–H groups in total. The Bertz CT molecular complexity index is 1250. The number of aromatic nitrogens is 2. The van der Waals surface area contributed by atoms with Gasteiger partial charge < -0.3 is 14.2 Å². The van der Waals surface area contributed by atoms with Crippen molar-refractivity contribution in [1.82, 2.24) is 15.0 Å². The maximum atomic E-state index is 13.8. The molecule has 168 valence electrons. The number of ether oxygens (including phenoxy) is 1. The number of urea groups is 1. The molecule has 0 spiro atoms. The Morgan fingerprint density at radius 3 is 2.85 bits per heavy atom. The average Bonchev–Trinajstić information content (AvgIpc) is 3.48. The van der Waals surface area contributed by atoms with Gasteiger partial charge in [-0.1, -0.05) is 29.4 Å². The Hall–Kier alpha value is -3.66. The lowest BCUT2D eigenvalue weighted by Gasteiger charge is -2.40. The van der Waals surface area contributed by atoms with Crippen molar-refractivity contribution in [2.75, 3.05) is 11.5 Å². The van der Waals surface area contributed by atoms with Crippen LogP contribution < -0.4 is 9.64 Å². The first-order valence-electron chi connectivity index (χ1n) is 10.3. The van der Waals surface area contributed by atoms with Crippen molar-refractivity contribution >= 4 is 29.4 Å². The Balaban J connectivity index is 1.45. The van der Waals surface area contributed by atoms with Gasteiger partial charge in [-0.2, -0.15) is 4.98 Å². The lowest BCUT2D eigenvalue weighted by molar-refractivity contribution is -0.119. The van der Waals surface area contributed by atoms with Gasteiger partial charge in [0.2, 0.25) is 11.7 Å². The summed E-state index contributed by atoms with van der Waals surface area (Å²) in [5, 5.41) is 5.31. The second kappa shape index (κ2) is 8.70. The molecular weight excluding hydrogens is 447 g/mol. The molecule has 3 aromatic rings. The van der Waals surface area contributed by atoms with E-state index in [1.807, 2.05) is 31.2 Å². The van der Waals surface area contributed by atoms with Gasteiger partial charge in [0.1, 0.15) is 23.4 Å². The van der Waals surface area contributed by atoms with Gasteiger partial charge in [-0.25, -0.2) is 14.1 Å². The highest BCUT2D eigenvalue weighted by atomic mass is 32.2. The molecule has 2 aromatic carbocycles. The van der Waals surface area contributed by atoms with Gasteiger partial charge in [-0.05, 0) is 42.7 Å². The number of carbonyl (C=O) groups excluding carboxylic acids is 2. The van der Waals surface area contributed by atoms with Gasteiger partial charge in [-0.15, -0.1) is 11.8 Å². The normalized spacial score (nSPS) is 19.8. The van der Waals surface area contributed by atoms with Crippen LogP contribution in [0.15, 0.2) is 64.5 Å². The molecule has 0 aliphatic carbocycles. The van der Waals surface area contributed by atoms with Crippen LogP contribution in [0.4, 0.5) is 14.9 Å². The van der Waals surface area contributed by atoms with Crippen LogP contribution in [0.3, 0.4) is 0 Å². The molecule has 3 heterocycles. The van der Waals surface area contributed by atoms with Gasteiger partial charge in [0.25, 0.3) is 5.91 Å². The number of thioether (sulfide) groups is 1. The molecule has 3 amide bonds. The van der Waals surface area contributed by atoms with Gasteiger partial charge in [0, 0.05) is 0 Å². The standard InChI is InChI=1S/C23H19FN4O4S/c1-2-31-18-9-4-3-8-16(18)21-25-19(32-26-21)13-27-17-10-11-33-20(17)22(29)28(23(27)30)15-7-5-6-14(24)12-15/h3-12,17,20H,2,13H2,1H3. The summed E-state index contributed by atoms with van der Waals surface area (Å²) in [5.41, 5.74) is 0.850. The summed E-state index contributed by atoms with van der Waals surface area (Å²) in [6.07, 6.45) is 1.80. The molecule has 0 bridgehead atoms. The van der Waals surface area contributed by atoms with Crippen LogP contribution in [0.5, 0.6) is 5.75 Å². The Morgan fingerprint density at radius 1 is 1.18 bits per heavy atom. The van der Waals surface area contributed by atoms with Crippen LogP contribution in [0, 0.1) is 5.82 Å². The molecule has 2 aliphatic rings. The highest BCUT2D eigenvalue weighted by Gasteiger charge is 2.48. The summed E-state index contributed by atoms with van der Waals surface area (Å²) in [6, 6.07) is 11.7. The van der Waals surface area contributed by atoms with Crippen LogP contribution in [0.25, 0.3) is 11.4 Å². The Kier molecular flexibility index (Phi) is 5.59. The second-order valence-electron chi connectivity index (χ2n) is 7.38. The number of imide groups is 1. The summed E-state index contributed by atoms with van der Waals surface area (Å²) in [7, 11) is 0. The van der Waals surface area contributed by atoms with Crippen molar-refractivity contribution in [1.29, 1.82) is 0 Å². The fourth-order valence-corrected chi connectivity index (χ4v) is 4.92. The monoisotopic (exact) mass is 466 g/mol. The molecule has 1 saturated heterocycles. The minimum atomic E-state index is -0.575. The minimum Gasteiger partial charge on any atom is -0.493 e. The number of benzene rings is 2. The van der Waals surface area contributed by atoms with E-state index >= 15 is 0 Å². The largest absolute Gasteiger partial charge is 0.493 e. The fourth-order valence-electron chi connectivity index (χ4n) is 3.87. The van der Waals surface area contributed by atoms with Crippen molar-refractivity contribution in [2.45, 2.75) is 24.8 Å². The number of carbonyl (C=O) groups is 2. The Morgan fingerprint density at radius 2 is 2.03 bits per heavy atom. The molecule has 10 heteroatoms. The topological polar surface area (TPSA) is 88.8 Å². The van der Waals surface area contributed by atoms with Crippen molar-refractivity contribution in [2.24, 2.45) is 0 Å². The van der Waals surface area contributed by atoms with Gasteiger partial charge in [0.05, 0.1) is 23.9 Å². The number of hydrogen-bond acceptors (Lipinski definition) is 7. The van der Waals surface area contributed by atoms with Crippen LogP contribution in [-0.2, 0) is 11.3 Å². The maximum absolute atomic E-state index is 13.8. The predicted molar refractivity (Wildman–Crippen MR) is 120 cm³/mol. The third-order valence-corrected chi connectivity index (χ3v) is 6.43. The van der Waals surface area contributed by atoms with E-state index in [0.29, 0.717) is 23.7 Å². The molecule has 1 aromatic heterocycles. The first-order chi connectivity index (χ1) is 16.1. The minimum absolute atomic E-state index is 0.00615. The van der Waals surface area contributed by atoms with E-state index in [1.165, 1.54) is 34.9 Å².